The summed E-state index contributed by atoms with van der Waals surface area (Å²) in [5.74, 6) is -0.680. The van der Waals surface area contributed by atoms with Crippen molar-refractivity contribution >= 4 is 29.0 Å². The molecule has 1 aromatic rings. The van der Waals surface area contributed by atoms with Crippen LogP contribution in [0.4, 0.5) is 5.69 Å². The average molecular weight is 364 g/mol. The van der Waals surface area contributed by atoms with Crippen LogP contribution in [0.15, 0.2) is 30.0 Å². The highest BCUT2D eigenvalue weighted by molar-refractivity contribution is 6.35. The van der Waals surface area contributed by atoms with E-state index in [2.05, 4.69) is 36.3 Å². The number of carbonyl (C=O) groups excluding carboxylic acids is 2. The van der Waals surface area contributed by atoms with Gasteiger partial charge in [0.1, 0.15) is 5.57 Å². The maximum absolute atomic E-state index is 12.5. The van der Waals surface area contributed by atoms with E-state index in [1.807, 2.05) is 0 Å². The van der Waals surface area contributed by atoms with E-state index in [1.54, 1.807) is 18.2 Å². The highest BCUT2D eigenvalue weighted by Crippen LogP contribution is 2.27. The molecule has 0 saturated carbocycles. The predicted molar refractivity (Wildman–Crippen MR) is 102 cm³/mol. The fraction of sp³-hybridized carbons (Fsp3) is 0.474. The molecule has 0 aliphatic carbocycles. The molecular weight excluding hydrogens is 338 g/mol. The van der Waals surface area contributed by atoms with Gasteiger partial charge in [0, 0.05) is 22.8 Å². The Morgan fingerprint density at radius 2 is 2.00 bits per heavy atom. The van der Waals surface area contributed by atoms with E-state index >= 15 is 0 Å². The molecule has 2 rings (SSSR count). The molecule has 0 spiro atoms. The van der Waals surface area contributed by atoms with Crippen molar-refractivity contribution in [3.63, 3.8) is 0 Å². The van der Waals surface area contributed by atoms with E-state index in [0.29, 0.717) is 16.3 Å². The number of fused-ring (bicyclic) bond motifs is 1. The lowest BCUT2D eigenvalue weighted by Gasteiger charge is -2.21. The van der Waals surface area contributed by atoms with E-state index < -0.39 is 5.91 Å². The van der Waals surface area contributed by atoms with Crippen LogP contribution in [0.25, 0.3) is 0 Å². The first-order valence-electron chi connectivity index (χ1n) is 8.80. The number of anilines is 1. The maximum Gasteiger partial charge on any atom is 0.261 e. The third-order valence-electron chi connectivity index (χ3n) is 4.48. The molecule has 25 heavy (non-hydrogen) atoms. The van der Waals surface area contributed by atoms with Gasteiger partial charge < -0.3 is 15.5 Å². The largest absolute Gasteiger partial charge is 0.388 e. The smallest absolute Gasteiger partial charge is 0.261 e. The summed E-state index contributed by atoms with van der Waals surface area (Å²) in [6.07, 6.45) is 3.58. The summed E-state index contributed by atoms with van der Waals surface area (Å²) in [5.41, 5.74) is 1.06. The van der Waals surface area contributed by atoms with E-state index in [4.69, 9.17) is 11.6 Å². The van der Waals surface area contributed by atoms with E-state index in [1.165, 1.54) is 6.20 Å². The lowest BCUT2D eigenvalue weighted by Crippen LogP contribution is -2.31. The molecule has 5 nitrogen and oxygen atoms in total. The minimum atomic E-state index is -0.400. The molecule has 0 bridgehead atoms. The number of benzene rings is 1. The molecule has 0 radical (unpaired) electrons. The SMILES string of the molecule is CCN(CC)CCCC(C)NC=C1C(=O)Nc2cc(Cl)ccc2C1=O. The molecule has 1 aliphatic heterocycles. The number of Topliss-reactive ketones (excluding diaryl/α,β-unsaturated/α-hetero) is 1. The summed E-state index contributed by atoms with van der Waals surface area (Å²) in [4.78, 5) is 27.1. The Morgan fingerprint density at radius 3 is 2.68 bits per heavy atom. The number of hydrogen-bond acceptors (Lipinski definition) is 4. The topological polar surface area (TPSA) is 61.4 Å². The molecule has 0 aromatic heterocycles. The summed E-state index contributed by atoms with van der Waals surface area (Å²) in [5, 5.41) is 6.38. The molecule has 0 saturated heterocycles. The van der Waals surface area contributed by atoms with Crippen molar-refractivity contribution in [2.75, 3.05) is 25.0 Å². The standard InChI is InChI=1S/C19H26ClN3O2/c1-4-23(5-2)10-6-7-13(3)21-12-16-18(24)15-9-8-14(20)11-17(15)22-19(16)25/h8-9,11-13,21H,4-7,10H2,1-3H3,(H,22,25). The van der Waals surface area contributed by atoms with Crippen LogP contribution in [0.2, 0.25) is 5.02 Å². The first kappa shape index (κ1) is 19.5. The molecule has 0 fully saturated rings. The molecule has 136 valence electrons. The molecule has 1 heterocycles. The summed E-state index contributed by atoms with van der Waals surface area (Å²) in [6, 6.07) is 5.07. The number of amides is 1. The first-order valence-corrected chi connectivity index (χ1v) is 9.18. The summed E-state index contributed by atoms with van der Waals surface area (Å²) < 4.78 is 0. The second kappa shape index (κ2) is 9.02. The summed E-state index contributed by atoms with van der Waals surface area (Å²) in [6.45, 7) is 9.55. The Labute approximate surface area is 154 Å². The minimum absolute atomic E-state index is 0.130. The normalized spacial score (nSPS) is 16.8. The molecule has 1 unspecified atom stereocenters. The van der Waals surface area contributed by atoms with Gasteiger partial charge in [0.25, 0.3) is 5.91 Å². The van der Waals surface area contributed by atoms with Gasteiger partial charge in [0.2, 0.25) is 5.78 Å². The van der Waals surface area contributed by atoms with Crippen molar-refractivity contribution in [1.29, 1.82) is 0 Å². The van der Waals surface area contributed by atoms with Crippen molar-refractivity contribution in [3.05, 3.63) is 40.6 Å². The number of hydrogen-bond donors (Lipinski definition) is 2. The number of rotatable bonds is 8. The molecule has 1 aromatic carbocycles. The van der Waals surface area contributed by atoms with Gasteiger partial charge in [-0.15, -0.1) is 0 Å². The molecule has 1 atom stereocenters. The lowest BCUT2D eigenvalue weighted by atomic mass is 9.97. The van der Waals surface area contributed by atoms with Crippen molar-refractivity contribution in [2.24, 2.45) is 0 Å². The van der Waals surface area contributed by atoms with Crippen LogP contribution in [-0.4, -0.2) is 42.3 Å². The Balaban J connectivity index is 1.95. The Morgan fingerprint density at radius 1 is 1.28 bits per heavy atom. The zero-order chi connectivity index (χ0) is 18.4. The van der Waals surface area contributed by atoms with Crippen molar-refractivity contribution < 1.29 is 9.59 Å². The van der Waals surface area contributed by atoms with Crippen LogP contribution in [-0.2, 0) is 4.79 Å². The quantitative estimate of drug-likeness (QED) is 0.548. The third-order valence-corrected chi connectivity index (χ3v) is 4.72. The number of nitrogens with one attached hydrogen (secondary N) is 2. The number of halogens is 1. The highest BCUT2D eigenvalue weighted by atomic mass is 35.5. The zero-order valence-corrected chi connectivity index (χ0v) is 15.8. The maximum atomic E-state index is 12.5. The van der Waals surface area contributed by atoms with Crippen LogP contribution in [0, 0.1) is 0 Å². The number of nitrogens with zero attached hydrogens (tertiary/aromatic N) is 1. The van der Waals surface area contributed by atoms with Gasteiger partial charge in [-0.1, -0.05) is 25.4 Å². The number of ketones is 1. The second-order valence-electron chi connectivity index (χ2n) is 6.27. The molecular formula is C19H26ClN3O2. The zero-order valence-electron chi connectivity index (χ0n) is 15.1. The fourth-order valence-electron chi connectivity index (χ4n) is 2.86. The minimum Gasteiger partial charge on any atom is -0.388 e. The van der Waals surface area contributed by atoms with Crippen molar-refractivity contribution in [1.82, 2.24) is 10.2 Å². The van der Waals surface area contributed by atoms with Crippen LogP contribution >= 0.6 is 11.6 Å². The van der Waals surface area contributed by atoms with Gasteiger partial charge in [0.15, 0.2) is 0 Å². The van der Waals surface area contributed by atoms with Gasteiger partial charge in [-0.05, 0) is 57.6 Å². The second-order valence-corrected chi connectivity index (χ2v) is 6.70. The fourth-order valence-corrected chi connectivity index (χ4v) is 3.03. The molecule has 2 N–H and O–H groups in total. The van der Waals surface area contributed by atoms with Crippen molar-refractivity contribution in [3.8, 4) is 0 Å². The number of carbonyl (C=O) groups is 2. The van der Waals surface area contributed by atoms with Gasteiger partial charge in [0.05, 0.1) is 5.69 Å². The average Bonchev–Trinajstić information content (AvgIpc) is 2.58. The van der Waals surface area contributed by atoms with Crippen LogP contribution < -0.4 is 10.6 Å². The van der Waals surface area contributed by atoms with E-state index in [-0.39, 0.29) is 17.4 Å². The van der Waals surface area contributed by atoms with Crippen molar-refractivity contribution in [2.45, 2.75) is 39.7 Å². The van der Waals surface area contributed by atoms with Gasteiger partial charge in [-0.2, -0.15) is 0 Å². The Kier molecular flexibility index (Phi) is 7.02. The van der Waals surface area contributed by atoms with Gasteiger partial charge in [-0.3, -0.25) is 9.59 Å². The summed E-state index contributed by atoms with van der Waals surface area (Å²) >= 11 is 5.91. The van der Waals surface area contributed by atoms with E-state index in [0.717, 1.165) is 32.5 Å². The molecule has 1 aliphatic rings. The van der Waals surface area contributed by atoms with E-state index in [9.17, 15) is 9.59 Å². The van der Waals surface area contributed by atoms with Gasteiger partial charge >= 0.3 is 0 Å². The van der Waals surface area contributed by atoms with Crippen LogP contribution in [0.3, 0.4) is 0 Å². The molecule has 6 heteroatoms. The van der Waals surface area contributed by atoms with Crippen LogP contribution in [0.5, 0.6) is 0 Å². The lowest BCUT2D eigenvalue weighted by molar-refractivity contribution is -0.112. The Bertz CT molecular complexity index is 669. The predicted octanol–water partition coefficient (Wildman–Crippen LogP) is 3.46. The highest BCUT2D eigenvalue weighted by Gasteiger charge is 2.28. The molecule has 1 amide bonds. The summed E-state index contributed by atoms with van der Waals surface area (Å²) in [7, 11) is 0. The third kappa shape index (κ3) is 5.06. The van der Waals surface area contributed by atoms with Gasteiger partial charge in [-0.25, -0.2) is 0 Å². The Hall–Kier alpha value is -1.85. The monoisotopic (exact) mass is 363 g/mol. The first-order chi connectivity index (χ1) is 12.0. The van der Waals surface area contributed by atoms with Crippen LogP contribution in [0.1, 0.15) is 44.0 Å².